The van der Waals surface area contributed by atoms with Gasteiger partial charge >= 0.3 is 6.18 Å². The summed E-state index contributed by atoms with van der Waals surface area (Å²) in [7, 11) is 0. The predicted molar refractivity (Wildman–Crippen MR) is 102 cm³/mol. The number of halogens is 7. The van der Waals surface area contributed by atoms with Gasteiger partial charge in [0.1, 0.15) is 18.2 Å². The fourth-order valence-corrected chi connectivity index (χ4v) is 3.38. The van der Waals surface area contributed by atoms with Gasteiger partial charge in [0.2, 0.25) is 5.28 Å². The largest absolute Gasteiger partial charge is 0.406 e. The minimum atomic E-state index is -4.56. The quantitative estimate of drug-likeness (QED) is 0.230. The van der Waals surface area contributed by atoms with Crippen LogP contribution in [-0.2, 0) is 0 Å². The summed E-state index contributed by atoms with van der Waals surface area (Å²) >= 11 is 13.6. The first-order valence-electron chi connectivity index (χ1n) is 7.05. The molecule has 0 aliphatic heterocycles. The number of benzene rings is 2. The lowest BCUT2D eigenvalue weighted by atomic mass is 10.2. The lowest BCUT2D eigenvalue weighted by molar-refractivity contribution is -0.118. The number of rotatable bonds is 3. The van der Waals surface area contributed by atoms with Gasteiger partial charge in [-0.3, -0.25) is 0 Å². The smallest absolute Gasteiger partial charge is 0.316 e. The van der Waals surface area contributed by atoms with Crippen LogP contribution < -0.4 is 4.90 Å². The molecule has 0 saturated carbocycles. The maximum atomic E-state index is 13.8. The zero-order chi connectivity index (χ0) is 19.1. The summed E-state index contributed by atoms with van der Waals surface area (Å²) in [5.74, 6) is -0.748. The second-order valence-electron chi connectivity index (χ2n) is 5.31. The number of fused-ring (bicyclic) bond motifs is 1. The van der Waals surface area contributed by atoms with E-state index in [4.69, 9.17) is 23.2 Å². The highest BCUT2D eigenvalue weighted by molar-refractivity contribution is 14.1. The van der Waals surface area contributed by atoms with Gasteiger partial charge in [-0.05, 0) is 70.6 Å². The predicted octanol–water partition coefficient (Wildman–Crippen LogP) is 6.38. The zero-order valence-corrected chi connectivity index (χ0v) is 16.3. The monoisotopic (exact) mass is 515 g/mol. The molecular formula is C16H8Cl2F4IN3. The molecule has 0 radical (unpaired) electrons. The molecule has 0 fully saturated rings. The molecule has 0 aliphatic carbocycles. The molecule has 0 amide bonds. The summed E-state index contributed by atoms with van der Waals surface area (Å²) in [4.78, 5) is 8.81. The van der Waals surface area contributed by atoms with Gasteiger partial charge in [0, 0.05) is 19.7 Å². The van der Waals surface area contributed by atoms with Gasteiger partial charge < -0.3 is 4.90 Å². The molecule has 1 heterocycles. The van der Waals surface area contributed by atoms with E-state index in [9.17, 15) is 17.6 Å². The van der Waals surface area contributed by atoms with E-state index in [0.29, 0.717) is 14.0 Å². The Hall–Kier alpha value is -1.39. The Bertz CT molecular complexity index is 956. The van der Waals surface area contributed by atoms with Crippen LogP contribution in [0.2, 0.25) is 10.3 Å². The van der Waals surface area contributed by atoms with Crippen LogP contribution in [0.25, 0.3) is 10.9 Å². The Morgan fingerprint density at radius 3 is 2.42 bits per heavy atom. The third-order valence-electron chi connectivity index (χ3n) is 3.36. The summed E-state index contributed by atoms with van der Waals surface area (Å²) in [6.45, 7) is -1.38. The Balaban J connectivity index is 2.26. The summed E-state index contributed by atoms with van der Waals surface area (Å²) in [6, 6.07) is 8.11. The average molecular weight is 516 g/mol. The third kappa shape index (κ3) is 4.47. The average Bonchev–Trinajstić information content (AvgIpc) is 2.49. The standard InChI is InChI=1S/C16H8Cl2F4IN3/c17-8-1-2-12-13(3-8)24-15(18)25-14(12)26(7-16(20,21)22)11-5-9(19)4-10(23)6-11/h1-6H,7H2. The van der Waals surface area contributed by atoms with Crippen LogP contribution in [0.3, 0.4) is 0 Å². The molecule has 0 atom stereocenters. The Kier molecular flexibility index (Phi) is 5.45. The van der Waals surface area contributed by atoms with E-state index in [2.05, 4.69) is 9.97 Å². The normalized spacial score (nSPS) is 11.8. The number of alkyl halides is 3. The van der Waals surface area contributed by atoms with Gasteiger partial charge in [-0.25, -0.2) is 9.37 Å². The molecule has 3 nitrogen and oxygen atoms in total. The van der Waals surface area contributed by atoms with Crippen LogP contribution in [0, 0.1) is 9.39 Å². The molecule has 10 heteroatoms. The number of nitrogens with zero attached hydrogens (tertiary/aromatic N) is 3. The van der Waals surface area contributed by atoms with Crippen LogP contribution >= 0.6 is 45.8 Å². The lowest BCUT2D eigenvalue weighted by Gasteiger charge is -2.26. The van der Waals surface area contributed by atoms with Crippen molar-refractivity contribution in [3.63, 3.8) is 0 Å². The first-order chi connectivity index (χ1) is 12.1. The van der Waals surface area contributed by atoms with Gasteiger partial charge in [0.05, 0.1) is 5.52 Å². The van der Waals surface area contributed by atoms with Crippen LogP contribution in [-0.4, -0.2) is 22.7 Å². The number of anilines is 2. The molecule has 0 N–H and O–H groups in total. The minimum Gasteiger partial charge on any atom is -0.316 e. The van der Waals surface area contributed by atoms with Crippen LogP contribution in [0.15, 0.2) is 36.4 Å². The molecule has 26 heavy (non-hydrogen) atoms. The molecule has 0 bridgehead atoms. The second-order valence-corrected chi connectivity index (χ2v) is 7.33. The molecule has 136 valence electrons. The van der Waals surface area contributed by atoms with Crippen molar-refractivity contribution in [2.24, 2.45) is 0 Å². The molecule has 0 spiro atoms. The van der Waals surface area contributed by atoms with Crippen molar-refractivity contribution in [3.05, 3.63) is 56.1 Å². The lowest BCUT2D eigenvalue weighted by Crippen LogP contribution is -2.31. The first kappa shape index (κ1) is 19.4. The SMILES string of the molecule is Fc1cc(I)cc(N(CC(F)(F)F)c2nc(Cl)nc3cc(Cl)ccc23)c1. The number of hydrogen-bond donors (Lipinski definition) is 0. The topological polar surface area (TPSA) is 29.0 Å². The van der Waals surface area contributed by atoms with Gasteiger partial charge in [0.15, 0.2) is 0 Å². The summed E-state index contributed by atoms with van der Waals surface area (Å²) in [5.41, 5.74) is 0.281. The van der Waals surface area contributed by atoms with Crippen molar-refractivity contribution in [3.8, 4) is 0 Å². The van der Waals surface area contributed by atoms with E-state index in [1.54, 1.807) is 0 Å². The van der Waals surface area contributed by atoms with E-state index in [1.165, 1.54) is 30.3 Å². The Labute approximate surface area is 169 Å². The first-order valence-corrected chi connectivity index (χ1v) is 8.89. The Morgan fingerprint density at radius 1 is 1.04 bits per heavy atom. The zero-order valence-electron chi connectivity index (χ0n) is 12.7. The van der Waals surface area contributed by atoms with E-state index in [-0.39, 0.29) is 22.3 Å². The molecular weight excluding hydrogens is 508 g/mol. The van der Waals surface area contributed by atoms with Crippen molar-refractivity contribution in [2.75, 3.05) is 11.4 Å². The van der Waals surface area contributed by atoms with Crippen molar-refractivity contribution in [1.29, 1.82) is 0 Å². The summed E-state index contributed by atoms with van der Waals surface area (Å²) in [5, 5.41) is 0.413. The molecule has 3 rings (SSSR count). The maximum absolute atomic E-state index is 13.8. The molecule has 3 aromatic rings. The Morgan fingerprint density at radius 2 is 1.77 bits per heavy atom. The van der Waals surface area contributed by atoms with E-state index < -0.39 is 18.5 Å². The van der Waals surface area contributed by atoms with E-state index >= 15 is 0 Å². The fourth-order valence-electron chi connectivity index (χ4n) is 2.43. The van der Waals surface area contributed by atoms with Gasteiger partial charge in [0.25, 0.3) is 0 Å². The highest BCUT2D eigenvalue weighted by Crippen LogP contribution is 2.35. The van der Waals surface area contributed by atoms with E-state index in [0.717, 1.165) is 11.0 Å². The second kappa shape index (κ2) is 7.32. The number of aromatic nitrogens is 2. The van der Waals surface area contributed by atoms with Gasteiger partial charge in [-0.2, -0.15) is 18.2 Å². The van der Waals surface area contributed by atoms with Crippen LogP contribution in [0.1, 0.15) is 0 Å². The summed E-state index contributed by atoms with van der Waals surface area (Å²) < 4.78 is 53.9. The van der Waals surface area contributed by atoms with Crippen molar-refractivity contribution in [2.45, 2.75) is 6.18 Å². The highest BCUT2D eigenvalue weighted by atomic mass is 127. The third-order valence-corrected chi connectivity index (χ3v) is 4.39. The minimum absolute atomic E-state index is 0.00209. The molecule has 1 aromatic heterocycles. The molecule has 2 aromatic carbocycles. The molecule has 0 aliphatic rings. The molecule has 0 unspecified atom stereocenters. The van der Waals surface area contributed by atoms with Crippen LogP contribution in [0.5, 0.6) is 0 Å². The van der Waals surface area contributed by atoms with Crippen molar-refractivity contribution >= 4 is 68.2 Å². The fraction of sp³-hybridized carbons (Fsp3) is 0.125. The van der Waals surface area contributed by atoms with Crippen molar-refractivity contribution < 1.29 is 17.6 Å². The van der Waals surface area contributed by atoms with Crippen molar-refractivity contribution in [1.82, 2.24) is 9.97 Å². The van der Waals surface area contributed by atoms with Gasteiger partial charge in [-0.15, -0.1) is 0 Å². The number of hydrogen-bond acceptors (Lipinski definition) is 3. The van der Waals surface area contributed by atoms with E-state index in [1.807, 2.05) is 22.6 Å². The summed E-state index contributed by atoms with van der Waals surface area (Å²) in [6.07, 6.45) is -4.56. The maximum Gasteiger partial charge on any atom is 0.406 e. The van der Waals surface area contributed by atoms with Gasteiger partial charge in [-0.1, -0.05) is 11.6 Å². The molecule has 0 saturated heterocycles. The highest BCUT2D eigenvalue weighted by Gasteiger charge is 2.33. The van der Waals surface area contributed by atoms with Crippen LogP contribution in [0.4, 0.5) is 29.1 Å².